The lowest BCUT2D eigenvalue weighted by Crippen LogP contribution is -2.55. The third-order valence-corrected chi connectivity index (χ3v) is 6.27. The van der Waals surface area contributed by atoms with Gasteiger partial charge in [0.25, 0.3) is 5.91 Å². The van der Waals surface area contributed by atoms with E-state index >= 15 is 0 Å². The van der Waals surface area contributed by atoms with Gasteiger partial charge in [-0.1, -0.05) is 6.07 Å². The molecular weight excluding hydrogens is 380 g/mol. The van der Waals surface area contributed by atoms with E-state index in [0.29, 0.717) is 18.0 Å². The number of nitrogens with zero attached hydrogens (tertiary/aromatic N) is 2. The molecule has 0 radical (unpaired) electrons. The molecule has 2 rings (SSSR count). The fourth-order valence-electron chi connectivity index (χ4n) is 3.43. The number of likely N-dealkylation sites (N-methyl/N-ethyl adjacent to an activating group) is 1. The highest BCUT2D eigenvalue weighted by Gasteiger charge is 2.35. The van der Waals surface area contributed by atoms with E-state index in [1.807, 2.05) is 32.2 Å². The Bertz CT molecular complexity index is 624. The van der Waals surface area contributed by atoms with Gasteiger partial charge in [-0.3, -0.25) is 9.59 Å². The van der Waals surface area contributed by atoms with Crippen molar-refractivity contribution in [2.45, 2.75) is 39.7 Å². The maximum Gasteiger partial charge on any atom is 0.262 e. The van der Waals surface area contributed by atoms with Crippen LogP contribution in [0.4, 0.5) is 0 Å². The zero-order valence-electron chi connectivity index (χ0n) is 16.4. The summed E-state index contributed by atoms with van der Waals surface area (Å²) in [6.45, 7) is 9.65. The smallest absolute Gasteiger partial charge is 0.262 e. The van der Waals surface area contributed by atoms with Gasteiger partial charge in [0.05, 0.1) is 4.88 Å². The van der Waals surface area contributed by atoms with E-state index in [1.165, 1.54) is 11.3 Å². The van der Waals surface area contributed by atoms with Gasteiger partial charge in [-0.25, -0.2) is 0 Å². The number of hydrogen-bond donors (Lipinski definition) is 2. The molecule has 1 aliphatic heterocycles. The Morgan fingerprint density at radius 3 is 2.48 bits per heavy atom. The van der Waals surface area contributed by atoms with Crippen LogP contribution in [0.3, 0.4) is 0 Å². The molecular formula is C19H30N4O2S2. The van der Waals surface area contributed by atoms with Crippen LogP contribution in [0.15, 0.2) is 17.5 Å². The molecule has 0 spiro atoms. The molecule has 1 aliphatic rings. The van der Waals surface area contributed by atoms with Gasteiger partial charge < -0.3 is 20.4 Å². The summed E-state index contributed by atoms with van der Waals surface area (Å²) in [5.41, 5.74) is 0. The summed E-state index contributed by atoms with van der Waals surface area (Å²) in [6.07, 6.45) is 1.65. The fourth-order valence-corrected chi connectivity index (χ4v) is 4.39. The van der Waals surface area contributed by atoms with Gasteiger partial charge in [-0.05, 0) is 63.2 Å². The summed E-state index contributed by atoms with van der Waals surface area (Å²) in [5.74, 6) is -0.0404. The molecule has 1 aromatic rings. The van der Waals surface area contributed by atoms with Crippen molar-refractivity contribution in [3.63, 3.8) is 0 Å². The van der Waals surface area contributed by atoms with E-state index in [2.05, 4.69) is 15.5 Å². The van der Waals surface area contributed by atoms with Crippen LogP contribution >= 0.6 is 23.6 Å². The fraction of sp³-hybridized carbons (Fsp3) is 0.632. The molecule has 150 valence electrons. The predicted molar refractivity (Wildman–Crippen MR) is 114 cm³/mol. The van der Waals surface area contributed by atoms with Gasteiger partial charge in [-0.15, -0.1) is 11.3 Å². The first kappa shape index (κ1) is 21.6. The number of thiophene rings is 1. The molecule has 0 bridgehead atoms. The summed E-state index contributed by atoms with van der Waals surface area (Å²) in [4.78, 5) is 30.3. The minimum absolute atomic E-state index is 0.0117. The molecule has 2 heterocycles. The Morgan fingerprint density at radius 2 is 1.96 bits per heavy atom. The highest BCUT2D eigenvalue weighted by molar-refractivity contribution is 7.80. The molecule has 0 aliphatic carbocycles. The Morgan fingerprint density at radius 1 is 1.30 bits per heavy atom. The van der Waals surface area contributed by atoms with Crippen LogP contribution in [-0.4, -0.2) is 65.5 Å². The van der Waals surface area contributed by atoms with E-state index in [0.717, 1.165) is 37.6 Å². The lowest BCUT2D eigenvalue weighted by molar-refractivity contribution is -0.134. The zero-order valence-corrected chi connectivity index (χ0v) is 18.0. The summed E-state index contributed by atoms with van der Waals surface area (Å²) in [5, 5.41) is 8.84. The minimum Gasteiger partial charge on any atom is -0.363 e. The average Bonchev–Trinajstić information content (AvgIpc) is 3.22. The van der Waals surface area contributed by atoms with Gasteiger partial charge >= 0.3 is 0 Å². The highest BCUT2D eigenvalue weighted by atomic mass is 32.1. The van der Waals surface area contributed by atoms with Crippen LogP contribution in [0.1, 0.15) is 43.3 Å². The van der Waals surface area contributed by atoms with Crippen molar-refractivity contribution >= 4 is 40.5 Å². The number of nitrogens with one attached hydrogen (secondary N) is 2. The SMILES string of the molecule is CCNC(=S)N1CCC([C@H](NC(=O)c2cccs2)C(=O)N(CC)CC)CC1. The quantitative estimate of drug-likeness (QED) is 0.676. The van der Waals surface area contributed by atoms with E-state index in [9.17, 15) is 9.59 Å². The van der Waals surface area contributed by atoms with Crippen molar-refractivity contribution in [2.75, 3.05) is 32.7 Å². The number of amides is 2. The third kappa shape index (κ3) is 5.65. The molecule has 8 heteroatoms. The molecule has 0 aromatic carbocycles. The Balaban J connectivity index is 2.09. The Hall–Kier alpha value is -1.67. The van der Waals surface area contributed by atoms with Crippen molar-refractivity contribution in [1.29, 1.82) is 0 Å². The predicted octanol–water partition coefficient (Wildman–Crippen LogP) is 2.32. The maximum absolute atomic E-state index is 13.1. The van der Waals surface area contributed by atoms with Crippen molar-refractivity contribution in [3.05, 3.63) is 22.4 Å². The molecule has 1 saturated heterocycles. The lowest BCUT2D eigenvalue weighted by Gasteiger charge is -2.38. The lowest BCUT2D eigenvalue weighted by atomic mass is 9.88. The molecule has 1 atom stereocenters. The average molecular weight is 411 g/mol. The summed E-state index contributed by atoms with van der Waals surface area (Å²) in [7, 11) is 0. The summed E-state index contributed by atoms with van der Waals surface area (Å²) < 4.78 is 0. The molecule has 6 nitrogen and oxygen atoms in total. The number of thiocarbonyl (C=S) groups is 1. The van der Waals surface area contributed by atoms with E-state index in [-0.39, 0.29) is 17.7 Å². The molecule has 1 aromatic heterocycles. The van der Waals surface area contributed by atoms with E-state index in [4.69, 9.17) is 12.2 Å². The van der Waals surface area contributed by atoms with Gasteiger partial charge in [-0.2, -0.15) is 0 Å². The monoisotopic (exact) mass is 410 g/mol. The zero-order chi connectivity index (χ0) is 19.8. The minimum atomic E-state index is -0.491. The van der Waals surface area contributed by atoms with Crippen molar-refractivity contribution in [3.8, 4) is 0 Å². The normalized spacial score (nSPS) is 15.9. The molecule has 0 unspecified atom stereocenters. The van der Waals surface area contributed by atoms with Gasteiger partial charge in [0.15, 0.2) is 5.11 Å². The second kappa shape index (κ2) is 10.6. The Kier molecular flexibility index (Phi) is 8.50. The largest absolute Gasteiger partial charge is 0.363 e. The number of carbonyl (C=O) groups excluding carboxylic acids is 2. The standard InChI is InChI=1S/C19H30N4O2S2/c1-4-20-19(26)23-11-9-14(10-12-23)16(18(25)22(5-2)6-3)21-17(24)15-8-7-13-27-15/h7-8,13-14,16H,4-6,9-12H2,1-3H3,(H,20,26)(H,21,24)/t16-/m0/s1. The van der Waals surface area contributed by atoms with Gasteiger partial charge in [0.2, 0.25) is 5.91 Å². The highest BCUT2D eigenvalue weighted by Crippen LogP contribution is 2.23. The Labute approximate surface area is 171 Å². The molecule has 27 heavy (non-hydrogen) atoms. The number of rotatable bonds is 7. The second-order valence-corrected chi connectivity index (χ2v) is 7.93. The van der Waals surface area contributed by atoms with Crippen LogP contribution in [0.25, 0.3) is 0 Å². The summed E-state index contributed by atoms with van der Waals surface area (Å²) >= 11 is 6.79. The summed E-state index contributed by atoms with van der Waals surface area (Å²) in [6, 6.07) is 3.14. The maximum atomic E-state index is 13.1. The number of hydrogen-bond acceptors (Lipinski definition) is 4. The van der Waals surface area contributed by atoms with E-state index in [1.54, 1.807) is 11.0 Å². The molecule has 2 amide bonds. The van der Waals surface area contributed by atoms with Crippen LogP contribution < -0.4 is 10.6 Å². The first-order valence-electron chi connectivity index (χ1n) is 9.67. The second-order valence-electron chi connectivity index (χ2n) is 6.60. The number of piperidine rings is 1. The van der Waals surface area contributed by atoms with Crippen LogP contribution in [0.2, 0.25) is 0 Å². The van der Waals surface area contributed by atoms with E-state index < -0.39 is 6.04 Å². The van der Waals surface area contributed by atoms with Crippen LogP contribution in [0, 0.1) is 5.92 Å². The topological polar surface area (TPSA) is 64.7 Å². The first-order valence-corrected chi connectivity index (χ1v) is 11.0. The first-order chi connectivity index (χ1) is 13.0. The van der Waals surface area contributed by atoms with Gasteiger partial charge in [0, 0.05) is 32.7 Å². The van der Waals surface area contributed by atoms with Crippen molar-refractivity contribution in [2.24, 2.45) is 5.92 Å². The van der Waals surface area contributed by atoms with Crippen LogP contribution in [-0.2, 0) is 4.79 Å². The molecule has 2 N–H and O–H groups in total. The molecule has 0 saturated carbocycles. The van der Waals surface area contributed by atoms with Crippen LogP contribution in [0.5, 0.6) is 0 Å². The molecule has 1 fully saturated rings. The number of likely N-dealkylation sites (tertiary alicyclic amines) is 1. The van der Waals surface area contributed by atoms with Crippen molar-refractivity contribution in [1.82, 2.24) is 20.4 Å². The third-order valence-electron chi connectivity index (χ3n) is 5.00. The van der Waals surface area contributed by atoms with Crippen molar-refractivity contribution < 1.29 is 9.59 Å². The number of carbonyl (C=O) groups is 2. The van der Waals surface area contributed by atoms with Gasteiger partial charge in [0.1, 0.15) is 6.04 Å².